The van der Waals surface area contributed by atoms with E-state index in [2.05, 4.69) is 32.3 Å². The summed E-state index contributed by atoms with van der Waals surface area (Å²) >= 11 is 5.40. The summed E-state index contributed by atoms with van der Waals surface area (Å²) in [5.74, 6) is -0.615. The largest absolute Gasteiger partial charge is 0.758 e. The molecule has 1 atom stereocenters. The zero-order valence-corrected chi connectivity index (χ0v) is 16.1. The van der Waals surface area contributed by atoms with Crippen LogP contribution in [0.2, 0.25) is 0 Å². The van der Waals surface area contributed by atoms with Crippen molar-refractivity contribution in [2.75, 3.05) is 6.54 Å². The van der Waals surface area contributed by atoms with Crippen molar-refractivity contribution in [3.05, 3.63) is 78.4 Å². The highest BCUT2D eigenvalue weighted by Crippen LogP contribution is 2.21. The third-order valence-corrected chi connectivity index (χ3v) is 4.36. The van der Waals surface area contributed by atoms with Gasteiger partial charge in [0.25, 0.3) is 0 Å². The van der Waals surface area contributed by atoms with Crippen LogP contribution in [0.3, 0.4) is 0 Å². The maximum atomic E-state index is 13.2. The van der Waals surface area contributed by atoms with Crippen molar-refractivity contribution in [3.8, 4) is 0 Å². The number of aromatic nitrogens is 1. The summed E-state index contributed by atoms with van der Waals surface area (Å²) in [4.78, 5) is 17.3. The lowest BCUT2D eigenvalue weighted by atomic mass is 9.88. The first-order chi connectivity index (χ1) is 12.2. The fourth-order valence-corrected chi connectivity index (χ4v) is 2.80. The van der Waals surface area contributed by atoms with Crippen LogP contribution < -0.4 is 4.57 Å². The van der Waals surface area contributed by atoms with Crippen LogP contribution >= 0.6 is 0 Å². The van der Waals surface area contributed by atoms with Crippen molar-refractivity contribution in [1.29, 1.82) is 0 Å². The van der Waals surface area contributed by atoms with E-state index < -0.39 is 6.04 Å². The maximum Gasteiger partial charge on any atom is 0.237 e. The molecule has 1 aromatic heterocycles. The molecular formula is C21H23FN2OS. The van der Waals surface area contributed by atoms with Gasteiger partial charge in [-0.05, 0) is 40.3 Å². The van der Waals surface area contributed by atoms with Gasteiger partial charge in [-0.3, -0.25) is 4.79 Å². The molecule has 1 heterocycles. The number of benzene rings is 1. The normalized spacial score (nSPS) is 13.3. The zero-order chi connectivity index (χ0) is 19.3. The monoisotopic (exact) mass is 370 g/mol. The third kappa shape index (κ3) is 4.82. The van der Waals surface area contributed by atoms with Gasteiger partial charge in [0, 0.05) is 17.7 Å². The number of hydrogen-bond donors (Lipinski definition) is 0. The van der Waals surface area contributed by atoms with Crippen LogP contribution in [0.15, 0.2) is 66.4 Å². The Morgan fingerprint density at radius 2 is 1.81 bits per heavy atom. The summed E-state index contributed by atoms with van der Waals surface area (Å²) in [7, 11) is 0. The second kappa shape index (κ2) is 8.32. The predicted octanol–water partition coefficient (Wildman–Crippen LogP) is 3.97. The molecule has 0 aliphatic carbocycles. The van der Waals surface area contributed by atoms with Gasteiger partial charge >= 0.3 is 0 Å². The minimum Gasteiger partial charge on any atom is -0.758 e. The van der Waals surface area contributed by atoms with Crippen LogP contribution in [0.1, 0.15) is 42.7 Å². The first-order valence-electron chi connectivity index (χ1n) is 8.37. The van der Waals surface area contributed by atoms with Gasteiger partial charge in [0.1, 0.15) is 5.82 Å². The van der Waals surface area contributed by atoms with Crippen LogP contribution in [0.5, 0.6) is 0 Å². The van der Waals surface area contributed by atoms with E-state index in [9.17, 15) is 9.18 Å². The van der Waals surface area contributed by atoms with Crippen molar-refractivity contribution in [1.82, 2.24) is 0 Å². The van der Waals surface area contributed by atoms with E-state index in [1.54, 1.807) is 10.6 Å². The number of Topliss-reactive ketones (excluding diaryl/α,β-unsaturated/α-hetero) is 1. The number of aliphatic imine (C=N–C) groups is 1. The molecule has 0 N–H and O–H groups in total. The van der Waals surface area contributed by atoms with Crippen molar-refractivity contribution >= 4 is 23.5 Å². The van der Waals surface area contributed by atoms with Crippen molar-refractivity contribution in [3.63, 3.8) is 0 Å². The predicted molar refractivity (Wildman–Crippen MR) is 105 cm³/mol. The summed E-state index contributed by atoms with van der Waals surface area (Å²) in [5.41, 5.74) is 1.54. The van der Waals surface area contributed by atoms with Crippen LogP contribution in [0, 0.1) is 5.82 Å². The van der Waals surface area contributed by atoms with Crippen LogP contribution in [-0.2, 0) is 18.0 Å². The van der Waals surface area contributed by atoms with E-state index in [0.29, 0.717) is 12.1 Å². The maximum absolute atomic E-state index is 13.2. The molecule has 5 heteroatoms. The molecule has 26 heavy (non-hydrogen) atoms. The number of carbonyl (C=O) groups is 1. The van der Waals surface area contributed by atoms with Gasteiger partial charge < -0.3 is 17.6 Å². The second-order valence-electron chi connectivity index (χ2n) is 7.03. The average molecular weight is 370 g/mol. The summed E-state index contributed by atoms with van der Waals surface area (Å²) in [5, 5.41) is 0.271. The molecule has 0 radical (unpaired) electrons. The van der Waals surface area contributed by atoms with Crippen molar-refractivity contribution in [2.45, 2.75) is 32.2 Å². The molecule has 0 aliphatic rings. The lowest BCUT2D eigenvalue weighted by molar-refractivity contribution is -0.692. The van der Waals surface area contributed by atoms with Crippen LogP contribution in [0.4, 0.5) is 4.39 Å². The van der Waals surface area contributed by atoms with Crippen molar-refractivity contribution < 1.29 is 13.8 Å². The Kier molecular flexibility index (Phi) is 6.37. The fraction of sp³-hybridized carbons (Fsp3) is 0.286. The second-order valence-corrected chi connectivity index (χ2v) is 7.44. The topological polar surface area (TPSA) is 33.3 Å². The molecule has 1 aromatic carbocycles. The van der Waals surface area contributed by atoms with Gasteiger partial charge in [0.2, 0.25) is 11.8 Å². The summed E-state index contributed by atoms with van der Waals surface area (Å²) in [6.07, 6.45) is 5.30. The first-order valence-corrected chi connectivity index (χ1v) is 8.78. The molecule has 0 bridgehead atoms. The summed E-state index contributed by atoms with van der Waals surface area (Å²) in [6.45, 7) is 10.3. The minimum absolute atomic E-state index is 0.00325. The molecule has 136 valence electrons. The highest BCUT2D eigenvalue weighted by molar-refractivity contribution is 7.77. The highest BCUT2D eigenvalue weighted by Gasteiger charge is 2.28. The Labute approximate surface area is 159 Å². The molecule has 0 saturated heterocycles. The molecule has 2 aromatic rings. The molecule has 0 amide bonds. The molecule has 0 saturated carbocycles. The Morgan fingerprint density at radius 1 is 1.23 bits per heavy atom. The first kappa shape index (κ1) is 19.9. The molecular weight excluding hydrogens is 347 g/mol. The fourth-order valence-electron chi connectivity index (χ4n) is 2.50. The third-order valence-electron chi connectivity index (χ3n) is 4.00. The van der Waals surface area contributed by atoms with E-state index in [0.717, 1.165) is 5.56 Å². The summed E-state index contributed by atoms with van der Waals surface area (Å²) < 4.78 is 14.9. The SMILES string of the molecule is C=CCN=C([S-])[C@@H](C(=O)c1ccc(F)cc1)[n+]1ccc(C(C)(C)C)cc1. The number of rotatable bonds is 6. The Balaban J connectivity index is 2.45. The van der Waals surface area contributed by atoms with E-state index in [1.807, 2.05) is 24.5 Å². The van der Waals surface area contributed by atoms with Gasteiger partial charge in [-0.25, -0.2) is 4.39 Å². The average Bonchev–Trinajstić information content (AvgIpc) is 2.60. The number of carbonyl (C=O) groups excluding carboxylic acids is 1. The molecule has 2 rings (SSSR count). The number of nitrogens with zero attached hydrogens (tertiary/aromatic N) is 2. The van der Waals surface area contributed by atoms with Gasteiger partial charge in [-0.2, -0.15) is 4.57 Å². The molecule has 0 unspecified atom stereocenters. The lowest BCUT2D eigenvalue weighted by Crippen LogP contribution is -2.48. The van der Waals surface area contributed by atoms with Crippen molar-refractivity contribution in [2.24, 2.45) is 4.99 Å². The number of pyridine rings is 1. The number of halogens is 1. The Bertz CT molecular complexity index is 805. The van der Waals surface area contributed by atoms with Crippen LogP contribution in [-0.4, -0.2) is 17.4 Å². The molecule has 0 spiro atoms. The quantitative estimate of drug-likeness (QED) is 0.193. The van der Waals surface area contributed by atoms with Crippen LogP contribution in [0.25, 0.3) is 0 Å². The van der Waals surface area contributed by atoms with Gasteiger partial charge in [0.05, 0.1) is 6.54 Å². The minimum atomic E-state index is -0.760. The van der Waals surface area contributed by atoms with E-state index in [4.69, 9.17) is 12.6 Å². The van der Waals surface area contributed by atoms with Gasteiger partial charge in [0.15, 0.2) is 12.4 Å². The van der Waals surface area contributed by atoms with E-state index >= 15 is 0 Å². The lowest BCUT2D eigenvalue weighted by Gasteiger charge is -2.21. The zero-order valence-electron chi connectivity index (χ0n) is 15.3. The molecule has 0 aliphatic heterocycles. The smallest absolute Gasteiger partial charge is 0.237 e. The van der Waals surface area contributed by atoms with Gasteiger partial charge in [-0.15, -0.1) is 6.58 Å². The standard InChI is InChI=1S/C21H23FN2OS/c1-5-12-23-20(26)18(19(25)15-6-8-17(22)9-7-15)24-13-10-16(11-14-24)21(2,3)4/h5-11,13-14,18H,1,12H2,2-4H3/t18-/m1/s1. The van der Waals surface area contributed by atoms with Gasteiger partial charge in [-0.1, -0.05) is 26.8 Å². The van der Waals surface area contributed by atoms with E-state index in [1.165, 1.54) is 24.3 Å². The Hall–Kier alpha value is -2.40. The Morgan fingerprint density at radius 3 is 2.31 bits per heavy atom. The molecule has 3 nitrogen and oxygen atoms in total. The number of hydrogen-bond acceptors (Lipinski definition) is 3. The van der Waals surface area contributed by atoms with E-state index in [-0.39, 0.29) is 22.1 Å². The highest BCUT2D eigenvalue weighted by atomic mass is 32.1. The summed E-state index contributed by atoms with van der Waals surface area (Å²) in [6, 6.07) is 8.64. The number of ketones is 1. The molecule has 0 fully saturated rings.